The number of benzene rings is 3. The number of imide groups is 1. The lowest BCUT2D eigenvalue weighted by molar-refractivity contribution is -0.136. The van der Waals surface area contributed by atoms with Gasteiger partial charge in [0.2, 0.25) is 11.8 Å². The predicted octanol–water partition coefficient (Wildman–Crippen LogP) is 6.08. The molecule has 278 valence electrons. The van der Waals surface area contributed by atoms with Crippen LogP contribution in [0.3, 0.4) is 0 Å². The molecule has 3 aromatic rings. The van der Waals surface area contributed by atoms with E-state index in [-0.39, 0.29) is 24.1 Å². The van der Waals surface area contributed by atoms with Gasteiger partial charge in [-0.3, -0.25) is 24.6 Å². The van der Waals surface area contributed by atoms with Gasteiger partial charge in [0, 0.05) is 81.6 Å². The van der Waals surface area contributed by atoms with Crippen molar-refractivity contribution >= 4 is 29.1 Å². The van der Waals surface area contributed by atoms with Crippen LogP contribution < -0.4 is 15.1 Å². The van der Waals surface area contributed by atoms with E-state index in [0.717, 1.165) is 69.4 Å². The highest BCUT2D eigenvalue weighted by atomic mass is 16.3. The number of hydrogen-bond acceptors (Lipinski definition) is 7. The second kappa shape index (κ2) is 14.5. The van der Waals surface area contributed by atoms with Crippen molar-refractivity contribution in [3.8, 4) is 5.75 Å². The molecule has 53 heavy (non-hydrogen) atoms. The van der Waals surface area contributed by atoms with E-state index in [4.69, 9.17) is 0 Å². The highest BCUT2D eigenvalue weighted by Gasteiger charge is 2.40. The molecule has 3 amide bonds. The number of phenols is 1. The number of piperazine rings is 1. The minimum Gasteiger partial charge on any atom is -0.508 e. The van der Waals surface area contributed by atoms with Crippen molar-refractivity contribution in [2.75, 3.05) is 55.6 Å². The normalized spacial score (nSPS) is 25.8. The number of phenolic OH excluding ortho intramolecular Hbond substituents is 1. The Morgan fingerprint density at radius 1 is 0.698 bits per heavy atom. The molecule has 4 aliphatic heterocycles. The summed E-state index contributed by atoms with van der Waals surface area (Å²) in [5, 5.41) is 12.6. The van der Waals surface area contributed by atoms with Gasteiger partial charge in [-0.2, -0.15) is 0 Å². The van der Waals surface area contributed by atoms with Crippen molar-refractivity contribution in [3.63, 3.8) is 0 Å². The van der Waals surface area contributed by atoms with Crippen LogP contribution in [0.15, 0.2) is 60.7 Å². The Bertz CT molecular complexity index is 1860. The molecule has 4 heterocycles. The number of hydrogen-bond donors (Lipinski definition) is 2. The number of aromatic hydroxyl groups is 1. The van der Waals surface area contributed by atoms with Gasteiger partial charge in [0.25, 0.3) is 5.91 Å². The third-order valence-corrected chi connectivity index (χ3v) is 13.6. The number of rotatable bonds is 7. The van der Waals surface area contributed by atoms with Gasteiger partial charge < -0.3 is 19.8 Å². The molecule has 4 fully saturated rings. The van der Waals surface area contributed by atoms with E-state index in [9.17, 15) is 19.5 Å². The van der Waals surface area contributed by atoms with Crippen LogP contribution in [-0.2, 0) is 22.6 Å². The molecule has 0 radical (unpaired) electrons. The fourth-order valence-electron chi connectivity index (χ4n) is 10.7. The van der Waals surface area contributed by atoms with E-state index in [2.05, 4.69) is 62.5 Å². The Hall–Kier alpha value is -4.37. The van der Waals surface area contributed by atoms with E-state index in [1.54, 1.807) is 4.90 Å². The maximum absolute atomic E-state index is 13.1. The zero-order valence-electron chi connectivity index (χ0n) is 30.8. The fourth-order valence-corrected chi connectivity index (χ4v) is 10.7. The zero-order valence-corrected chi connectivity index (χ0v) is 30.8. The van der Waals surface area contributed by atoms with Crippen molar-refractivity contribution in [1.82, 2.24) is 15.1 Å². The third-order valence-electron chi connectivity index (χ3n) is 13.6. The summed E-state index contributed by atoms with van der Waals surface area (Å²) in [7, 11) is 0. The third kappa shape index (κ3) is 6.82. The van der Waals surface area contributed by atoms with Gasteiger partial charge in [-0.1, -0.05) is 43.9 Å². The van der Waals surface area contributed by atoms with Crippen LogP contribution in [-0.4, -0.2) is 84.5 Å². The molecule has 3 saturated heterocycles. The molecule has 9 heteroatoms. The molecular formula is C44H53N5O4. The number of nitrogens with zero attached hydrogens (tertiary/aromatic N) is 4. The fraction of sp³-hybridized carbons (Fsp3) is 0.523. The minimum absolute atomic E-state index is 0.116. The van der Waals surface area contributed by atoms with E-state index < -0.39 is 6.04 Å². The number of amides is 3. The summed E-state index contributed by atoms with van der Waals surface area (Å²) < 4.78 is 0. The van der Waals surface area contributed by atoms with E-state index in [0.29, 0.717) is 42.0 Å². The van der Waals surface area contributed by atoms with Gasteiger partial charge in [-0.25, -0.2) is 0 Å². The molecule has 9 nitrogen and oxygen atoms in total. The summed E-state index contributed by atoms with van der Waals surface area (Å²) in [5.41, 5.74) is 8.33. The largest absolute Gasteiger partial charge is 0.508 e. The van der Waals surface area contributed by atoms with Crippen LogP contribution in [0.2, 0.25) is 0 Å². The summed E-state index contributed by atoms with van der Waals surface area (Å²) in [6.45, 7) is 7.76. The quantitative estimate of drug-likeness (QED) is 0.287. The second-order valence-electron chi connectivity index (χ2n) is 16.7. The first-order valence-electron chi connectivity index (χ1n) is 20.3. The molecule has 9 rings (SSSR count). The van der Waals surface area contributed by atoms with Crippen LogP contribution in [0.25, 0.3) is 0 Å². The Morgan fingerprint density at radius 2 is 1.43 bits per heavy atom. The monoisotopic (exact) mass is 715 g/mol. The maximum atomic E-state index is 13.1. The Labute approximate surface area is 313 Å². The van der Waals surface area contributed by atoms with E-state index in [1.165, 1.54) is 67.3 Å². The van der Waals surface area contributed by atoms with Gasteiger partial charge >= 0.3 is 0 Å². The summed E-state index contributed by atoms with van der Waals surface area (Å²) in [5.74, 6) is 2.28. The smallest absolute Gasteiger partial charge is 0.255 e. The zero-order chi connectivity index (χ0) is 36.1. The van der Waals surface area contributed by atoms with Gasteiger partial charge in [0.15, 0.2) is 0 Å². The Balaban J connectivity index is 0.771. The number of aryl methyl sites for hydroxylation is 1. The van der Waals surface area contributed by atoms with Crippen LogP contribution in [0.5, 0.6) is 5.75 Å². The van der Waals surface area contributed by atoms with E-state index in [1.807, 2.05) is 18.2 Å². The highest BCUT2D eigenvalue weighted by molar-refractivity contribution is 6.05. The summed E-state index contributed by atoms with van der Waals surface area (Å²) >= 11 is 0. The lowest BCUT2D eigenvalue weighted by Crippen LogP contribution is -2.52. The number of nitrogens with one attached hydrogen (secondary N) is 1. The van der Waals surface area contributed by atoms with Crippen molar-refractivity contribution in [2.24, 2.45) is 17.8 Å². The standard InChI is InChI=1S/C44H53N5O4/c50-36-11-14-38-32(26-36)7-12-37(30-3-1-2-4-30)42(38)31-5-8-34(9-6-31)47-19-17-29(18-20-47)27-46-21-23-48(24-22-46)35-10-13-39-33(25-35)28-49(44(39)53)40-15-16-41(51)45-43(40)52/h5-6,8-11,13-14,25-26,29-30,37,40,42,50H,1-4,7,12,15-24,27-28H2,(H,45,51,52)/t37-,40?,42+/m1/s1. The first kappa shape index (κ1) is 34.4. The van der Waals surface area contributed by atoms with Crippen LogP contribution in [0.4, 0.5) is 11.4 Å². The minimum atomic E-state index is -0.580. The highest BCUT2D eigenvalue weighted by Crippen LogP contribution is 2.49. The summed E-state index contributed by atoms with van der Waals surface area (Å²) in [6, 6.07) is 21.2. The van der Waals surface area contributed by atoms with Gasteiger partial charge in [0.1, 0.15) is 11.8 Å². The number of piperidine rings is 2. The van der Waals surface area contributed by atoms with Crippen LogP contribution >= 0.6 is 0 Å². The molecule has 0 aromatic heterocycles. The second-order valence-corrected chi connectivity index (χ2v) is 16.7. The lowest BCUT2D eigenvalue weighted by atomic mass is 9.66. The van der Waals surface area contributed by atoms with Gasteiger partial charge in [-0.05, 0) is 115 Å². The molecule has 0 bridgehead atoms. The summed E-state index contributed by atoms with van der Waals surface area (Å²) in [6.07, 6.45) is 10.9. The first-order chi connectivity index (χ1) is 25.9. The lowest BCUT2D eigenvalue weighted by Gasteiger charge is -2.40. The Kier molecular flexibility index (Phi) is 9.39. The topological polar surface area (TPSA) is 96.4 Å². The van der Waals surface area contributed by atoms with Crippen LogP contribution in [0.1, 0.15) is 96.3 Å². The average molecular weight is 716 g/mol. The molecule has 0 spiro atoms. The number of carbonyl (C=O) groups excluding carboxylic acids is 3. The molecule has 1 unspecified atom stereocenters. The number of anilines is 2. The number of fused-ring (bicyclic) bond motifs is 2. The Morgan fingerprint density at radius 3 is 2.19 bits per heavy atom. The first-order valence-corrected chi connectivity index (χ1v) is 20.3. The predicted molar refractivity (Wildman–Crippen MR) is 206 cm³/mol. The van der Waals surface area contributed by atoms with Gasteiger partial charge in [0.05, 0.1) is 0 Å². The summed E-state index contributed by atoms with van der Waals surface area (Å²) in [4.78, 5) is 46.5. The average Bonchev–Trinajstić information content (AvgIpc) is 3.83. The molecule has 3 aromatic carbocycles. The molecule has 2 aliphatic carbocycles. The molecule has 6 aliphatic rings. The molecule has 3 atom stereocenters. The van der Waals surface area contributed by atoms with Crippen molar-refractivity contribution in [1.29, 1.82) is 0 Å². The molecular weight excluding hydrogens is 663 g/mol. The van der Waals surface area contributed by atoms with Crippen LogP contribution in [0, 0.1) is 17.8 Å². The molecule has 1 saturated carbocycles. The SMILES string of the molecule is O=C1CCC(N2Cc3cc(N4CCN(CC5CCN(c6ccc([C@@H]7c8ccc(O)cc8CC[C@@H]7C7CCCC7)cc6)CC5)CC4)ccc3C2=O)C(=O)N1. The van der Waals surface area contributed by atoms with Crippen molar-refractivity contribution in [3.05, 3.63) is 88.5 Å². The van der Waals surface area contributed by atoms with Crippen molar-refractivity contribution < 1.29 is 19.5 Å². The molecule has 2 N–H and O–H groups in total. The van der Waals surface area contributed by atoms with E-state index >= 15 is 0 Å². The van der Waals surface area contributed by atoms with Gasteiger partial charge in [-0.15, -0.1) is 0 Å². The number of carbonyl (C=O) groups is 3. The maximum Gasteiger partial charge on any atom is 0.255 e. The van der Waals surface area contributed by atoms with Crippen molar-refractivity contribution in [2.45, 2.75) is 82.7 Å².